The van der Waals surface area contributed by atoms with Crippen LogP contribution in [0.4, 0.5) is 0 Å². The van der Waals surface area contributed by atoms with E-state index in [1.807, 2.05) is 12.3 Å². The molecule has 0 radical (unpaired) electrons. The predicted octanol–water partition coefficient (Wildman–Crippen LogP) is -0.0567. The van der Waals surface area contributed by atoms with Gasteiger partial charge in [0.25, 0.3) is 0 Å². The van der Waals surface area contributed by atoms with E-state index in [1.54, 1.807) is 24.3 Å². The highest BCUT2D eigenvalue weighted by Crippen LogP contribution is 2.08. The van der Waals surface area contributed by atoms with E-state index >= 15 is 0 Å². The van der Waals surface area contributed by atoms with Crippen molar-refractivity contribution < 1.29 is 24.3 Å². The molecule has 39 heavy (non-hydrogen) atoms. The number of aliphatic carboxylic acids is 1. The van der Waals surface area contributed by atoms with Crippen molar-refractivity contribution in [1.29, 1.82) is 0 Å². The molecule has 0 bridgehead atoms. The van der Waals surface area contributed by atoms with Crippen molar-refractivity contribution >= 4 is 35.5 Å². The van der Waals surface area contributed by atoms with Crippen LogP contribution in [0.3, 0.4) is 0 Å². The van der Waals surface area contributed by atoms with Crippen molar-refractivity contribution in [1.82, 2.24) is 25.9 Å². The second kappa shape index (κ2) is 17.2. The lowest BCUT2D eigenvalue weighted by molar-refractivity contribution is -0.142. The van der Waals surface area contributed by atoms with E-state index in [1.165, 1.54) is 24.3 Å². The summed E-state index contributed by atoms with van der Waals surface area (Å²) in [6.45, 7) is 0.503. The molecule has 214 valence electrons. The minimum atomic E-state index is -1.24. The number of aromatic nitrogens is 2. The van der Waals surface area contributed by atoms with Crippen molar-refractivity contribution in [3.63, 3.8) is 0 Å². The van der Waals surface area contributed by atoms with Gasteiger partial charge in [0.1, 0.15) is 18.1 Å². The van der Waals surface area contributed by atoms with Gasteiger partial charge in [0, 0.05) is 24.7 Å². The van der Waals surface area contributed by atoms with Gasteiger partial charge < -0.3 is 37.5 Å². The van der Waals surface area contributed by atoms with Crippen LogP contribution in [-0.2, 0) is 32.0 Å². The van der Waals surface area contributed by atoms with Gasteiger partial charge in [0.2, 0.25) is 17.7 Å². The number of carboxylic acids is 1. The van der Waals surface area contributed by atoms with Gasteiger partial charge in [0.15, 0.2) is 0 Å². The summed E-state index contributed by atoms with van der Waals surface area (Å²) < 4.78 is 0. The van der Waals surface area contributed by atoms with E-state index < -0.39 is 47.9 Å². The van der Waals surface area contributed by atoms with Gasteiger partial charge in [-0.2, -0.15) is 11.8 Å². The van der Waals surface area contributed by atoms with E-state index in [-0.39, 0.29) is 12.8 Å². The molecule has 3 amide bonds. The van der Waals surface area contributed by atoms with Gasteiger partial charge in [-0.25, -0.2) is 9.78 Å². The number of benzene rings is 1. The molecule has 0 spiro atoms. The van der Waals surface area contributed by atoms with E-state index in [9.17, 15) is 24.3 Å². The molecule has 1 heterocycles. The first-order valence-corrected chi connectivity index (χ1v) is 14.2. The van der Waals surface area contributed by atoms with Gasteiger partial charge >= 0.3 is 5.97 Å². The first kappa shape index (κ1) is 31.8. The SMILES string of the molecule is CSCCC(NC(=O)C(N)CCCCN)C(=O)NC(Cc1ccccc1)C(=O)NC(Cc1cnc[nH]1)C(=O)O. The summed E-state index contributed by atoms with van der Waals surface area (Å²) in [4.78, 5) is 57.9. The van der Waals surface area contributed by atoms with E-state index in [4.69, 9.17) is 11.5 Å². The van der Waals surface area contributed by atoms with Crippen LogP contribution in [0.1, 0.15) is 36.9 Å². The smallest absolute Gasteiger partial charge is 0.326 e. The van der Waals surface area contributed by atoms with Crippen LogP contribution in [-0.4, -0.2) is 81.5 Å². The zero-order chi connectivity index (χ0) is 28.6. The lowest BCUT2D eigenvalue weighted by atomic mass is 10.0. The molecule has 2 aromatic rings. The number of nitrogens with two attached hydrogens (primary N) is 2. The Labute approximate surface area is 232 Å². The summed E-state index contributed by atoms with van der Waals surface area (Å²) >= 11 is 1.51. The quantitative estimate of drug-likeness (QED) is 0.122. The summed E-state index contributed by atoms with van der Waals surface area (Å²) in [7, 11) is 0. The first-order chi connectivity index (χ1) is 18.7. The molecule has 13 heteroatoms. The molecular formula is C26H39N7O5S. The van der Waals surface area contributed by atoms with Gasteiger partial charge in [-0.3, -0.25) is 14.4 Å². The standard InChI is InChI=1S/C26H39N7O5S/c1-39-12-10-20(31-23(34)19(28)9-5-6-11-27)24(35)32-21(13-17-7-3-2-4-8-17)25(36)33-22(26(37)38)14-18-15-29-16-30-18/h2-4,7-8,15-16,19-22H,5-6,9-14,27-28H2,1H3,(H,29,30)(H,31,34)(H,32,35)(H,33,36)(H,37,38). The maximum Gasteiger partial charge on any atom is 0.326 e. The Balaban J connectivity index is 2.17. The summed E-state index contributed by atoms with van der Waals surface area (Å²) in [5.41, 5.74) is 12.8. The average molecular weight is 562 g/mol. The molecule has 0 saturated carbocycles. The number of unbranched alkanes of at least 4 members (excludes halogenated alkanes) is 1. The molecule has 0 aliphatic rings. The number of aromatic amines is 1. The fraction of sp³-hybridized carbons (Fsp3) is 0.500. The average Bonchev–Trinajstić information content (AvgIpc) is 3.43. The second-order valence-corrected chi connectivity index (χ2v) is 10.2. The number of hydrogen-bond donors (Lipinski definition) is 7. The molecule has 0 aliphatic carbocycles. The molecule has 9 N–H and O–H groups in total. The number of imidazole rings is 1. The van der Waals surface area contributed by atoms with Crippen molar-refractivity contribution in [3.8, 4) is 0 Å². The van der Waals surface area contributed by atoms with Crippen molar-refractivity contribution in [2.45, 2.75) is 62.7 Å². The Kier molecular flexibility index (Phi) is 14.0. The van der Waals surface area contributed by atoms with Crippen LogP contribution in [0.25, 0.3) is 0 Å². The Bertz CT molecular complexity index is 1040. The normalized spacial score (nSPS) is 14.0. The Morgan fingerprint density at radius 3 is 2.23 bits per heavy atom. The maximum atomic E-state index is 13.3. The van der Waals surface area contributed by atoms with Crippen LogP contribution in [0.2, 0.25) is 0 Å². The summed E-state index contributed by atoms with van der Waals surface area (Å²) in [5.74, 6) is -2.31. The number of nitrogens with zero attached hydrogens (tertiary/aromatic N) is 1. The third-order valence-corrected chi connectivity index (χ3v) is 6.70. The fourth-order valence-electron chi connectivity index (χ4n) is 3.84. The highest BCUT2D eigenvalue weighted by Gasteiger charge is 2.30. The summed E-state index contributed by atoms with van der Waals surface area (Å²) in [5, 5.41) is 17.7. The number of amides is 3. The summed E-state index contributed by atoms with van der Waals surface area (Å²) in [6.07, 6.45) is 7.08. The molecule has 0 fully saturated rings. The number of rotatable bonds is 18. The Morgan fingerprint density at radius 1 is 0.949 bits per heavy atom. The third-order valence-electron chi connectivity index (χ3n) is 6.06. The van der Waals surface area contributed by atoms with Crippen molar-refractivity contribution in [3.05, 3.63) is 54.1 Å². The minimum absolute atomic E-state index is 0.0124. The van der Waals surface area contributed by atoms with Gasteiger partial charge in [-0.05, 0) is 43.4 Å². The lowest BCUT2D eigenvalue weighted by Gasteiger charge is -2.25. The van der Waals surface area contributed by atoms with Gasteiger partial charge in [-0.1, -0.05) is 36.8 Å². The number of carbonyl (C=O) groups is 4. The van der Waals surface area contributed by atoms with E-state index in [0.29, 0.717) is 37.3 Å². The topological polar surface area (TPSA) is 205 Å². The van der Waals surface area contributed by atoms with E-state index in [2.05, 4.69) is 25.9 Å². The molecular weight excluding hydrogens is 522 g/mol. The summed E-state index contributed by atoms with van der Waals surface area (Å²) in [6, 6.07) is 5.00. The number of carboxylic acid groups (broad SMARTS) is 1. The highest BCUT2D eigenvalue weighted by molar-refractivity contribution is 7.98. The number of H-pyrrole nitrogens is 1. The number of nitrogens with one attached hydrogen (secondary N) is 4. The molecule has 4 atom stereocenters. The van der Waals surface area contributed by atoms with Crippen LogP contribution < -0.4 is 27.4 Å². The zero-order valence-electron chi connectivity index (χ0n) is 22.1. The second-order valence-electron chi connectivity index (χ2n) is 9.16. The molecule has 0 aliphatic heterocycles. The highest BCUT2D eigenvalue weighted by atomic mass is 32.2. The lowest BCUT2D eigenvalue weighted by Crippen LogP contribution is -2.58. The van der Waals surface area contributed by atoms with Crippen LogP contribution in [0, 0.1) is 0 Å². The first-order valence-electron chi connectivity index (χ1n) is 12.8. The van der Waals surface area contributed by atoms with E-state index in [0.717, 1.165) is 12.0 Å². The third kappa shape index (κ3) is 11.5. The maximum absolute atomic E-state index is 13.3. The minimum Gasteiger partial charge on any atom is -0.480 e. The largest absolute Gasteiger partial charge is 0.480 e. The monoisotopic (exact) mass is 561 g/mol. The fourth-order valence-corrected chi connectivity index (χ4v) is 4.31. The van der Waals surface area contributed by atoms with Crippen molar-refractivity contribution in [2.24, 2.45) is 11.5 Å². The predicted molar refractivity (Wildman–Crippen MR) is 150 cm³/mol. The van der Waals surface area contributed by atoms with Crippen LogP contribution in [0.5, 0.6) is 0 Å². The van der Waals surface area contributed by atoms with Crippen molar-refractivity contribution in [2.75, 3.05) is 18.6 Å². The molecule has 1 aromatic heterocycles. The van der Waals surface area contributed by atoms with Crippen LogP contribution >= 0.6 is 11.8 Å². The molecule has 0 saturated heterocycles. The molecule has 4 unspecified atom stereocenters. The molecule has 12 nitrogen and oxygen atoms in total. The van der Waals surface area contributed by atoms with Gasteiger partial charge in [-0.15, -0.1) is 0 Å². The molecule has 2 rings (SSSR count). The zero-order valence-corrected chi connectivity index (χ0v) is 22.9. The number of thioether (sulfide) groups is 1. The number of hydrogen-bond acceptors (Lipinski definition) is 8. The Hall–Kier alpha value is -3.42. The Morgan fingerprint density at radius 2 is 1.62 bits per heavy atom. The molecule has 1 aromatic carbocycles. The van der Waals surface area contributed by atoms with Crippen LogP contribution in [0.15, 0.2) is 42.9 Å². The number of carbonyl (C=O) groups excluding carboxylic acids is 3. The van der Waals surface area contributed by atoms with Gasteiger partial charge in [0.05, 0.1) is 12.4 Å².